The standard InChI is InChI=1S/C15H14Br2O/c1-9(15(17)10(2)18)11-7-8-14(16)13-6-4-3-5-12(11)13/h3-9,15H,1-2H3. The van der Waals surface area contributed by atoms with Gasteiger partial charge in [0.1, 0.15) is 5.78 Å². The van der Waals surface area contributed by atoms with Crippen molar-refractivity contribution in [3.05, 3.63) is 46.4 Å². The Bertz CT molecular complexity index is 592. The van der Waals surface area contributed by atoms with Crippen LogP contribution >= 0.6 is 31.9 Å². The quantitative estimate of drug-likeness (QED) is 0.691. The highest BCUT2D eigenvalue weighted by Crippen LogP contribution is 2.34. The molecule has 0 radical (unpaired) electrons. The average Bonchev–Trinajstić information content (AvgIpc) is 2.38. The first-order valence-electron chi connectivity index (χ1n) is 5.84. The lowest BCUT2D eigenvalue weighted by Gasteiger charge is -2.19. The van der Waals surface area contributed by atoms with Gasteiger partial charge < -0.3 is 0 Å². The second-order valence-corrected chi connectivity index (χ2v) is 6.32. The molecule has 94 valence electrons. The fourth-order valence-electron chi connectivity index (χ4n) is 2.19. The number of alkyl halides is 1. The van der Waals surface area contributed by atoms with Crippen molar-refractivity contribution in [3.8, 4) is 0 Å². The van der Waals surface area contributed by atoms with Crippen molar-refractivity contribution in [3.63, 3.8) is 0 Å². The van der Waals surface area contributed by atoms with Crippen LogP contribution in [0.4, 0.5) is 0 Å². The van der Waals surface area contributed by atoms with Gasteiger partial charge in [0.05, 0.1) is 4.83 Å². The van der Waals surface area contributed by atoms with E-state index in [0.29, 0.717) is 0 Å². The molecule has 2 aromatic carbocycles. The third-order valence-corrected chi connectivity index (χ3v) is 5.35. The number of carbonyl (C=O) groups excluding carboxylic acids is 1. The van der Waals surface area contributed by atoms with Gasteiger partial charge in [-0.05, 0) is 29.3 Å². The molecule has 0 aliphatic heterocycles. The van der Waals surface area contributed by atoms with Gasteiger partial charge in [-0.1, -0.05) is 69.1 Å². The van der Waals surface area contributed by atoms with E-state index in [1.807, 2.05) is 18.2 Å². The number of hydrogen-bond donors (Lipinski definition) is 0. The molecule has 0 aliphatic rings. The molecule has 2 rings (SSSR count). The summed E-state index contributed by atoms with van der Waals surface area (Å²) in [6, 6.07) is 12.4. The van der Waals surface area contributed by atoms with Crippen LogP contribution in [-0.2, 0) is 4.79 Å². The number of fused-ring (bicyclic) bond motifs is 1. The minimum Gasteiger partial charge on any atom is -0.299 e. The van der Waals surface area contributed by atoms with Crippen LogP contribution < -0.4 is 0 Å². The maximum Gasteiger partial charge on any atom is 0.144 e. The summed E-state index contributed by atoms with van der Waals surface area (Å²) in [6.45, 7) is 3.70. The second-order valence-electron chi connectivity index (χ2n) is 4.48. The van der Waals surface area contributed by atoms with Gasteiger partial charge >= 0.3 is 0 Å². The van der Waals surface area contributed by atoms with Gasteiger partial charge in [0.2, 0.25) is 0 Å². The highest BCUT2D eigenvalue weighted by atomic mass is 79.9. The van der Waals surface area contributed by atoms with Crippen LogP contribution in [0.1, 0.15) is 25.3 Å². The Hall–Kier alpha value is -0.670. The number of benzene rings is 2. The number of ketones is 1. The normalized spacial score (nSPS) is 14.4. The molecular formula is C15H14Br2O. The molecular weight excluding hydrogens is 356 g/mol. The number of carbonyl (C=O) groups is 1. The second kappa shape index (κ2) is 5.54. The van der Waals surface area contributed by atoms with Crippen LogP contribution in [0.3, 0.4) is 0 Å². The summed E-state index contributed by atoms with van der Waals surface area (Å²) in [7, 11) is 0. The molecule has 0 heterocycles. The van der Waals surface area contributed by atoms with E-state index in [0.717, 1.165) is 4.47 Å². The lowest BCUT2D eigenvalue weighted by Crippen LogP contribution is -2.17. The molecule has 0 bridgehead atoms. The van der Waals surface area contributed by atoms with Crippen LogP contribution in [0.15, 0.2) is 40.9 Å². The van der Waals surface area contributed by atoms with Crippen LogP contribution in [0.2, 0.25) is 0 Å². The number of rotatable bonds is 3. The van der Waals surface area contributed by atoms with E-state index in [-0.39, 0.29) is 16.5 Å². The van der Waals surface area contributed by atoms with Crippen LogP contribution in [0.5, 0.6) is 0 Å². The van der Waals surface area contributed by atoms with Gasteiger partial charge in [0.25, 0.3) is 0 Å². The first-order valence-corrected chi connectivity index (χ1v) is 7.55. The van der Waals surface area contributed by atoms with Crippen molar-refractivity contribution in [2.24, 2.45) is 0 Å². The predicted octanol–water partition coefficient (Wildman–Crippen LogP) is 5.06. The van der Waals surface area contributed by atoms with Crippen molar-refractivity contribution in [1.82, 2.24) is 0 Å². The molecule has 2 atom stereocenters. The first-order chi connectivity index (χ1) is 8.52. The molecule has 0 saturated heterocycles. The molecule has 0 saturated carbocycles. The van der Waals surface area contributed by atoms with E-state index in [9.17, 15) is 4.79 Å². The molecule has 0 spiro atoms. The Kier molecular flexibility index (Phi) is 4.23. The lowest BCUT2D eigenvalue weighted by atomic mass is 9.91. The van der Waals surface area contributed by atoms with Crippen molar-refractivity contribution in [1.29, 1.82) is 0 Å². The van der Waals surface area contributed by atoms with E-state index in [4.69, 9.17) is 0 Å². The molecule has 0 fully saturated rings. The number of hydrogen-bond acceptors (Lipinski definition) is 1. The predicted molar refractivity (Wildman–Crippen MR) is 83.5 cm³/mol. The summed E-state index contributed by atoms with van der Waals surface area (Å²) in [5.74, 6) is 0.315. The molecule has 0 aromatic heterocycles. The molecule has 0 amide bonds. The zero-order valence-electron chi connectivity index (χ0n) is 10.3. The van der Waals surface area contributed by atoms with E-state index in [1.54, 1.807) is 6.92 Å². The van der Waals surface area contributed by atoms with Gasteiger partial charge in [-0.3, -0.25) is 4.79 Å². The largest absolute Gasteiger partial charge is 0.299 e. The summed E-state index contributed by atoms with van der Waals surface area (Å²) in [4.78, 5) is 11.4. The van der Waals surface area contributed by atoms with E-state index in [1.165, 1.54) is 16.3 Å². The molecule has 2 aromatic rings. The van der Waals surface area contributed by atoms with Crippen LogP contribution in [0.25, 0.3) is 10.8 Å². The Balaban J connectivity index is 2.58. The highest BCUT2D eigenvalue weighted by molar-refractivity contribution is 9.10. The van der Waals surface area contributed by atoms with Crippen molar-refractivity contribution >= 4 is 48.4 Å². The van der Waals surface area contributed by atoms with E-state index < -0.39 is 0 Å². The zero-order valence-corrected chi connectivity index (χ0v) is 13.5. The minimum atomic E-state index is -0.137. The lowest BCUT2D eigenvalue weighted by molar-refractivity contribution is -0.116. The Morgan fingerprint density at radius 3 is 2.33 bits per heavy atom. The Morgan fingerprint density at radius 2 is 1.72 bits per heavy atom. The summed E-state index contributed by atoms with van der Waals surface area (Å²) < 4.78 is 1.09. The highest BCUT2D eigenvalue weighted by Gasteiger charge is 2.21. The third-order valence-electron chi connectivity index (χ3n) is 3.22. The molecule has 1 nitrogen and oxygen atoms in total. The Morgan fingerprint density at radius 1 is 1.11 bits per heavy atom. The van der Waals surface area contributed by atoms with Gasteiger partial charge in [0, 0.05) is 10.4 Å². The van der Waals surface area contributed by atoms with Gasteiger partial charge in [-0.15, -0.1) is 0 Å². The van der Waals surface area contributed by atoms with Crippen molar-refractivity contribution in [2.75, 3.05) is 0 Å². The summed E-state index contributed by atoms with van der Waals surface area (Å²) in [5.41, 5.74) is 1.20. The van der Waals surface area contributed by atoms with Crippen molar-refractivity contribution in [2.45, 2.75) is 24.6 Å². The van der Waals surface area contributed by atoms with Crippen molar-refractivity contribution < 1.29 is 4.79 Å². The topological polar surface area (TPSA) is 17.1 Å². The monoisotopic (exact) mass is 368 g/mol. The van der Waals surface area contributed by atoms with Gasteiger partial charge in [-0.25, -0.2) is 0 Å². The summed E-state index contributed by atoms with van der Waals surface area (Å²) >= 11 is 7.05. The maximum absolute atomic E-state index is 11.5. The number of halogens is 2. The van der Waals surface area contributed by atoms with Gasteiger partial charge in [0.15, 0.2) is 0 Å². The molecule has 3 heteroatoms. The van der Waals surface area contributed by atoms with E-state index in [2.05, 4.69) is 57.0 Å². The molecule has 0 aliphatic carbocycles. The summed E-state index contributed by atoms with van der Waals surface area (Å²) in [6.07, 6.45) is 0. The minimum absolute atomic E-state index is 0.137. The molecule has 18 heavy (non-hydrogen) atoms. The first kappa shape index (κ1) is 13.8. The fraction of sp³-hybridized carbons (Fsp3) is 0.267. The molecule has 2 unspecified atom stereocenters. The SMILES string of the molecule is CC(=O)C(Br)C(C)c1ccc(Br)c2ccccc12. The van der Waals surface area contributed by atoms with Crippen LogP contribution in [-0.4, -0.2) is 10.6 Å². The maximum atomic E-state index is 11.5. The third kappa shape index (κ3) is 2.52. The van der Waals surface area contributed by atoms with Gasteiger partial charge in [-0.2, -0.15) is 0 Å². The average molecular weight is 370 g/mol. The van der Waals surface area contributed by atoms with E-state index >= 15 is 0 Å². The number of Topliss-reactive ketones (excluding diaryl/α,β-unsaturated/α-hetero) is 1. The Labute approximate surface area is 124 Å². The fourth-order valence-corrected chi connectivity index (χ4v) is 2.96. The summed E-state index contributed by atoms with van der Waals surface area (Å²) in [5, 5.41) is 2.38. The molecule has 0 N–H and O–H groups in total. The van der Waals surface area contributed by atoms with Crippen LogP contribution in [0, 0.1) is 0 Å². The zero-order chi connectivity index (χ0) is 13.3. The smallest absolute Gasteiger partial charge is 0.144 e.